The van der Waals surface area contributed by atoms with Crippen molar-refractivity contribution in [1.82, 2.24) is 0 Å². The van der Waals surface area contributed by atoms with E-state index in [-0.39, 0.29) is 17.7 Å². The first-order valence-electron chi connectivity index (χ1n) is 8.97. The monoisotopic (exact) mass is 402 g/mol. The average Bonchev–Trinajstić information content (AvgIpc) is 3.34. The lowest BCUT2D eigenvalue weighted by Crippen LogP contribution is -2.35. The minimum atomic E-state index is -0.337. The maximum atomic E-state index is 11.2. The first-order chi connectivity index (χ1) is 13.0. The van der Waals surface area contributed by atoms with Crippen molar-refractivity contribution in [2.24, 2.45) is 0 Å². The van der Waals surface area contributed by atoms with Crippen molar-refractivity contribution < 1.29 is 19.0 Å². The highest BCUT2D eigenvalue weighted by Gasteiger charge is 2.44. The van der Waals surface area contributed by atoms with Gasteiger partial charge in [-0.15, -0.1) is 11.3 Å². The number of fused-ring (bicyclic) bond motifs is 1. The predicted octanol–water partition coefficient (Wildman–Crippen LogP) is 5.01. The van der Waals surface area contributed by atoms with E-state index in [0.29, 0.717) is 5.76 Å². The zero-order chi connectivity index (χ0) is 19.0. The lowest BCUT2D eigenvalue weighted by atomic mass is 9.90. The molecule has 1 aliphatic heterocycles. The Labute approximate surface area is 167 Å². The second-order valence-corrected chi connectivity index (χ2v) is 9.08. The second kappa shape index (κ2) is 7.43. The van der Waals surface area contributed by atoms with Gasteiger partial charge in [-0.05, 0) is 60.2 Å². The molecule has 1 aromatic carbocycles. The van der Waals surface area contributed by atoms with Crippen molar-refractivity contribution in [2.75, 3.05) is 13.7 Å². The van der Waals surface area contributed by atoms with E-state index in [1.165, 1.54) is 27.2 Å². The summed E-state index contributed by atoms with van der Waals surface area (Å²) in [5, 5.41) is 2.19. The number of hydrogen-bond donors (Lipinski definition) is 0. The number of methoxy groups -OCH3 is 1. The maximum Gasteiger partial charge on any atom is 0.308 e. The topological polar surface area (TPSA) is 44.8 Å². The molecule has 0 spiro atoms. The van der Waals surface area contributed by atoms with Gasteiger partial charge in [-0.3, -0.25) is 4.79 Å². The molecule has 2 heterocycles. The van der Waals surface area contributed by atoms with Gasteiger partial charge in [0, 0.05) is 30.9 Å². The van der Waals surface area contributed by atoms with Crippen molar-refractivity contribution >= 4 is 34.8 Å². The van der Waals surface area contributed by atoms with Crippen LogP contribution in [0.25, 0.3) is 5.76 Å². The molecule has 142 valence electrons. The summed E-state index contributed by atoms with van der Waals surface area (Å²) in [6, 6.07) is 8.52. The summed E-state index contributed by atoms with van der Waals surface area (Å²) in [5.41, 5.74) is 3.06. The molecule has 0 radical (unpaired) electrons. The average molecular weight is 403 g/mol. The van der Waals surface area contributed by atoms with Gasteiger partial charge in [-0.1, -0.05) is 11.8 Å². The summed E-state index contributed by atoms with van der Waals surface area (Å²) < 4.78 is 18.2. The van der Waals surface area contributed by atoms with E-state index in [1.807, 2.05) is 12.1 Å². The van der Waals surface area contributed by atoms with Crippen molar-refractivity contribution in [3.63, 3.8) is 0 Å². The highest BCUT2D eigenvalue weighted by Crippen LogP contribution is 2.44. The van der Waals surface area contributed by atoms with E-state index in [2.05, 4.69) is 30.5 Å². The fourth-order valence-corrected chi connectivity index (χ4v) is 5.89. The third kappa shape index (κ3) is 3.47. The van der Waals surface area contributed by atoms with Gasteiger partial charge in [0.25, 0.3) is 0 Å². The van der Waals surface area contributed by atoms with Crippen molar-refractivity contribution in [3.8, 4) is 0 Å². The van der Waals surface area contributed by atoms with Crippen LogP contribution >= 0.6 is 23.1 Å². The molecule has 27 heavy (non-hydrogen) atoms. The Morgan fingerprint density at radius 1 is 1.37 bits per heavy atom. The van der Waals surface area contributed by atoms with Crippen LogP contribution in [0.1, 0.15) is 37.0 Å². The lowest BCUT2D eigenvalue weighted by molar-refractivity contribution is -0.134. The Hall–Kier alpha value is -1.60. The van der Waals surface area contributed by atoms with Crippen LogP contribution in [0.2, 0.25) is 0 Å². The van der Waals surface area contributed by atoms with Crippen LogP contribution in [0.3, 0.4) is 0 Å². The number of ether oxygens (including phenoxy) is 3. The molecule has 1 aliphatic carbocycles. The summed E-state index contributed by atoms with van der Waals surface area (Å²) in [6.07, 6.45) is 3.70. The molecule has 0 N–H and O–H groups in total. The molecule has 4 nitrogen and oxygen atoms in total. The molecule has 2 atom stereocenters. The standard InChI is InChI=1S/C21H22O4S2/c1-13-21(23-3,8-9-24-13)16-11-20(26-12-16)27-17-5-6-18-15(10-17)4-7-19(18)25-14(2)22/h5-7,10-13H,4,8-9H2,1-3H3/t13-,21-/m1/s1. The van der Waals surface area contributed by atoms with Crippen LogP contribution in [0.4, 0.5) is 0 Å². The van der Waals surface area contributed by atoms with Gasteiger partial charge in [0.15, 0.2) is 0 Å². The molecular formula is C21H22O4S2. The molecule has 6 heteroatoms. The van der Waals surface area contributed by atoms with Crippen LogP contribution < -0.4 is 0 Å². The first-order valence-corrected chi connectivity index (χ1v) is 10.7. The SMILES string of the molecule is CO[C@]1(c2csc(Sc3ccc4c(c3)CC=C4OC(C)=O)c2)CCO[C@@H]1C. The van der Waals surface area contributed by atoms with Crippen LogP contribution in [0, 0.1) is 0 Å². The Bertz CT molecular complexity index is 901. The molecule has 4 rings (SSSR count). The predicted molar refractivity (Wildman–Crippen MR) is 107 cm³/mol. The van der Waals surface area contributed by atoms with Crippen molar-refractivity contribution in [3.05, 3.63) is 52.4 Å². The third-order valence-corrected chi connectivity index (χ3v) is 7.32. The number of thiophene rings is 1. The molecule has 2 aromatic rings. The highest BCUT2D eigenvalue weighted by atomic mass is 32.2. The fraction of sp³-hybridized carbons (Fsp3) is 0.381. The summed E-state index contributed by atoms with van der Waals surface area (Å²) in [7, 11) is 1.77. The number of esters is 1. The van der Waals surface area contributed by atoms with Crippen molar-refractivity contribution in [1.29, 1.82) is 0 Å². The van der Waals surface area contributed by atoms with E-state index < -0.39 is 0 Å². The number of benzene rings is 1. The second-order valence-electron chi connectivity index (χ2n) is 6.80. The number of rotatable bonds is 5. The Morgan fingerprint density at radius 3 is 2.93 bits per heavy atom. The summed E-state index contributed by atoms with van der Waals surface area (Å²) >= 11 is 3.48. The highest BCUT2D eigenvalue weighted by molar-refractivity contribution is 8.01. The molecule has 0 saturated carbocycles. The van der Waals surface area contributed by atoms with Gasteiger partial charge >= 0.3 is 5.97 Å². The number of hydrogen-bond acceptors (Lipinski definition) is 6. The molecule has 1 fully saturated rings. The Morgan fingerprint density at radius 2 is 2.22 bits per heavy atom. The molecule has 1 saturated heterocycles. The zero-order valence-electron chi connectivity index (χ0n) is 15.6. The molecule has 0 unspecified atom stereocenters. The van der Waals surface area contributed by atoms with Gasteiger partial charge < -0.3 is 14.2 Å². The summed E-state index contributed by atoms with van der Waals surface area (Å²) in [5.74, 6) is 0.389. The zero-order valence-corrected chi connectivity index (χ0v) is 17.2. The quantitative estimate of drug-likeness (QED) is 0.658. The van der Waals surface area contributed by atoms with E-state index >= 15 is 0 Å². The fourth-order valence-electron chi connectivity index (χ4n) is 3.81. The van der Waals surface area contributed by atoms with Gasteiger partial charge in [0.1, 0.15) is 11.4 Å². The summed E-state index contributed by atoms with van der Waals surface area (Å²) in [6.45, 7) is 4.24. The number of allylic oxidation sites excluding steroid dienone is 1. The molecular weight excluding hydrogens is 380 g/mol. The van der Waals surface area contributed by atoms with E-state index in [1.54, 1.807) is 30.2 Å². The van der Waals surface area contributed by atoms with Crippen LogP contribution in [0.5, 0.6) is 0 Å². The van der Waals surface area contributed by atoms with Gasteiger partial charge in [-0.25, -0.2) is 0 Å². The normalized spacial score (nSPS) is 24.0. The maximum absolute atomic E-state index is 11.2. The number of carbonyl (C=O) groups is 1. The lowest BCUT2D eigenvalue weighted by Gasteiger charge is -2.30. The van der Waals surface area contributed by atoms with E-state index in [4.69, 9.17) is 14.2 Å². The Balaban J connectivity index is 1.52. The molecule has 2 aliphatic rings. The van der Waals surface area contributed by atoms with Gasteiger partial charge in [-0.2, -0.15) is 0 Å². The molecule has 1 aromatic heterocycles. The largest absolute Gasteiger partial charge is 0.426 e. The minimum Gasteiger partial charge on any atom is -0.426 e. The Kier molecular flexibility index (Phi) is 5.16. The summed E-state index contributed by atoms with van der Waals surface area (Å²) in [4.78, 5) is 12.4. The van der Waals surface area contributed by atoms with E-state index in [9.17, 15) is 4.79 Å². The minimum absolute atomic E-state index is 0.0562. The van der Waals surface area contributed by atoms with Gasteiger partial charge in [0.05, 0.1) is 16.9 Å². The number of carbonyl (C=O) groups excluding carboxylic acids is 1. The van der Waals surface area contributed by atoms with Crippen LogP contribution in [-0.2, 0) is 31.0 Å². The first kappa shape index (κ1) is 18.7. The third-order valence-electron chi connectivity index (χ3n) is 5.25. The van der Waals surface area contributed by atoms with Crippen LogP contribution in [0.15, 0.2) is 44.8 Å². The molecule has 0 bridgehead atoms. The van der Waals surface area contributed by atoms with E-state index in [0.717, 1.165) is 25.0 Å². The molecule has 0 amide bonds. The van der Waals surface area contributed by atoms with Crippen molar-refractivity contribution in [2.45, 2.75) is 47.5 Å². The van der Waals surface area contributed by atoms with Crippen LogP contribution in [-0.4, -0.2) is 25.8 Å². The van der Waals surface area contributed by atoms with Gasteiger partial charge in [0.2, 0.25) is 0 Å². The smallest absolute Gasteiger partial charge is 0.308 e.